The van der Waals surface area contributed by atoms with E-state index in [2.05, 4.69) is 5.32 Å². The monoisotopic (exact) mass is 293 g/mol. The molecule has 1 aromatic rings. The highest BCUT2D eigenvalue weighted by molar-refractivity contribution is 7.89. The van der Waals surface area contributed by atoms with Gasteiger partial charge in [-0.25, -0.2) is 8.42 Å². The standard InChI is InChI=1S/C14H19N3O2S/c1-2-17(13-7-5-9-16-11-13)20(18,19)14-8-4-3-6-12(14)10-15/h3-4,6,8,13,16H,2,5,7,9,11H2,1H3. The average Bonchev–Trinajstić information content (AvgIpc) is 2.48. The van der Waals surface area contributed by atoms with Gasteiger partial charge in [-0.05, 0) is 31.5 Å². The Kier molecular flexibility index (Phi) is 4.76. The fraction of sp³-hybridized carbons (Fsp3) is 0.500. The van der Waals surface area contributed by atoms with Crippen molar-refractivity contribution >= 4 is 10.0 Å². The topological polar surface area (TPSA) is 73.2 Å². The maximum absolute atomic E-state index is 12.8. The van der Waals surface area contributed by atoms with Crippen molar-refractivity contribution in [3.8, 4) is 6.07 Å². The Bertz CT molecular complexity index is 601. The van der Waals surface area contributed by atoms with Crippen LogP contribution in [0.25, 0.3) is 0 Å². The molecule has 1 aliphatic rings. The molecule has 0 spiro atoms. The molecule has 0 saturated carbocycles. The van der Waals surface area contributed by atoms with Gasteiger partial charge in [-0.3, -0.25) is 0 Å². The van der Waals surface area contributed by atoms with Crippen molar-refractivity contribution in [2.24, 2.45) is 0 Å². The quantitative estimate of drug-likeness (QED) is 0.908. The summed E-state index contributed by atoms with van der Waals surface area (Å²) < 4.78 is 27.1. The lowest BCUT2D eigenvalue weighted by Gasteiger charge is -2.33. The van der Waals surface area contributed by atoms with Crippen molar-refractivity contribution in [2.45, 2.75) is 30.7 Å². The number of nitrogens with zero attached hydrogens (tertiary/aromatic N) is 2. The van der Waals surface area contributed by atoms with Crippen LogP contribution in [0.4, 0.5) is 0 Å². The maximum atomic E-state index is 12.8. The molecule has 0 bridgehead atoms. The van der Waals surface area contributed by atoms with E-state index in [9.17, 15) is 8.42 Å². The SMILES string of the molecule is CCN(C1CCCNC1)S(=O)(=O)c1ccccc1C#N. The predicted molar refractivity (Wildman–Crippen MR) is 76.6 cm³/mol. The van der Waals surface area contributed by atoms with Gasteiger partial charge < -0.3 is 5.32 Å². The third kappa shape index (κ3) is 2.85. The molecule has 1 atom stereocenters. The van der Waals surface area contributed by atoms with Crippen LogP contribution in [0.2, 0.25) is 0 Å². The second-order valence-electron chi connectivity index (χ2n) is 4.82. The molecule has 1 unspecified atom stereocenters. The van der Waals surface area contributed by atoms with Crippen LogP contribution in [-0.4, -0.2) is 38.4 Å². The van der Waals surface area contributed by atoms with E-state index in [1.807, 2.05) is 13.0 Å². The lowest BCUT2D eigenvalue weighted by molar-refractivity contribution is 0.274. The summed E-state index contributed by atoms with van der Waals surface area (Å²) in [5.41, 5.74) is 0.203. The molecule has 1 aromatic carbocycles. The van der Waals surface area contributed by atoms with Crippen molar-refractivity contribution in [3.63, 3.8) is 0 Å². The van der Waals surface area contributed by atoms with E-state index < -0.39 is 10.0 Å². The molecule has 0 aliphatic carbocycles. The number of hydrogen-bond acceptors (Lipinski definition) is 4. The normalized spacial score (nSPS) is 19.8. The first-order valence-electron chi connectivity index (χ1n) is 6.83. The lowest BCUT2D eigenvalue weighted by atomic mass is 10.1. The first kappa shape index (κ1) is 15.0. The summed E-state index contributed by atoms with van der Waals surface area (Å²) in [7, 11) is -3.62. The number of benzene rings is 1. The number of nitrogens with one attached hydrogen (secondary N) is 1. The van der Waals surface area contributed by atoms with Crippen LogP contribution in [-0.2, 0) is 10.0 Å². The van der Waals surface area contributed by atoms with Crippen molar-refractivity contribution < 1.29 is 8.42 Å². The van der Waals surface area contributed by atoms with Crippen molar-refractivity contribution in [3.05, 3.63) is 29.8 Å². The van der Waals surface area contributed by atoms with Gasteiger partial charge in [-0.1, -0.05) is 19.1 Å². The van der Waals surface area contributed by atoms with E-state index in [-0.39, 0.29) is 16.5 Å². The highest BCUT2D eigenvalue weighted by atomic mass is 32.2. The van der Waals surface area contributed by atoms with Crippen LogP contribution in [0.5, 0.6) is 0 Å². The van der Waals surface area contributed by atoms with Crippen LogP contribution >= 0.6 is 0 Å². The summed E-state index contributed by atoms with van der Waals surface area (Å²) in [6, 6.07) is 8.30. The van der Waals surface area contributed by atoms with Crippen molar-refractivity contribution in [1.29, 1.82) is 5.26 Å². The largest absolute Gasteiger partial charge is 0.315 e. The summed E-state index contributed by atoms with van der Waals surface area (Å²) >= 11 is 0. The van der Waals surface area contributed by atoms with Crippen LogP contribution in [0, 0.1) is 11.3 Å². The number of sulfonamides is 1. The molecule has 1 fully saturated rings. The highest BCUT2D eigenvalue weighted by Gasteiger charge is 2.32. The highest BCUT2D eigenvalue weighted by Crippen LogP contribution is 2.23. The predicted octanol–water partition coefficient (Wildman–Crippen LogP) is 1.32. The Hall–Kier alpha value is -1.42. The minimum absolute atomic E-state index is 0.0366. The molecule has 1 saturated heterocycles. The summed E-state index contributed by atoms with van der Waals surface area (Å²) in [6.07, 6.45) is 1.82. The fourth-order valence-electron chi connectivity index (χ4n) is 2.61. The van der Waals surface area contributed by atoms with Crippen LogP contribution in [0.1, 0.15) is 25.3 Å². The van der Waals surface area contributed by atoms with Crippen LogP contribution in [0.15, 0.2) is 29.2 Å². The Morgan fingerprint density at radius 3 is 2.80 bits per heavy atom. The number of hydrogen-bond donors (Lipinski definition) is 1. The first-order valence-corrected chi connectivity index (χ1v) is 8.27. The summed E-state index contributed by atoms with van der Waals surface area (Å²) in [5, 5.41) is 12.3. The van der Waals surface area contributed by atoms with E-state index in [0.717, 1.165) is 19.4 Å². The zero-order valence-corrected chi connectivity index (χ0v) is 12.4. The fourth-order valence-corrected chi connectivity index (χ4v) is 4.42. The summed E-state index contributed by atoms with van der Waals surface area (Å²) in [5.74, 6) is 0. The number of piperidine rings is 1. The maximum Gasteiger partial charge on any atom is 0.244 e. The van der Waals surface area contributed by atoms with Gasteiger partial charge in [0.05, 0.1) is 10.5 Å². The molecular weight excluding hydrogens is 274 g/mol. The second-order valence-corrected chi connectivity index (χ2v) is 6.68. The Balaban J connectivity index is 2.39. The minimum Gasteiger partial charge on any atom is -0.315 e. The molecule has 1 aliphatic heterocycles. The van der Waals surface area contributed by atoms with Crippen LogP contribution < -0.4 is 5.32 Å². The number of nitriles is 1. The van der Waals surface area contributed by atoms with Crippen molar-refractivity contribution in [1.82, 2.24) is 9.62 Å². The van der Waals surface area contributed by atoms with Gasteiger partial charge in [0.1, 0.15) is 6.07 Å². The number of rotatable bonds is 4. The van der Waals surface area contributed by atoms with Gasteiger partial charge in [0.15, 0.2) is 0 Å². The molecule has 20 heavy (non-hydrogen) atoms. The average molecular weight is 293 g/mol. The molecular formula is C14H19N3O2S. The summed E-state index contributed by atoms with van der Waals surface area (Å²) in [6.45, 7) is 3.85. The smallest absolute Gasteiger partial charge is 0.244 e. The van der Waals surface area contributed by atoms with E-state index in [4.69, 9.17) is 5.26 Å². The van der Waals surface area contributed by atoms with E-state index >= 15 is 0 Å². The molecule has 1 heterocycles. The Labute approximate surface area is 120 Å². The zero-order chi connectivity index (χ0) is 14.6. The van der Waals surface area contributed by atoms with Gasteiger partial charge in [0, 0.05) is 19.1 Å². The van der Waals surface area contributed by atoms with E-state index in [1.165, 1.54) is 10.4 Å². The molecule has 2 rings (SSSR count). The Morgan fingerprint density at radius 1 is 1.45 bits per heavy atom. The van der Waals surface area contributed by atoms with Gasteiger partial charge in [-0.15, -0.1) is 0 Å². The van der Waals surface area contributed by atoms with Gasteiger partial charge in [0.2, 0.25) is 10.0 Å². The summed E-state index contributed by atoms with van der Waals surface area (Å²) in [4.78, 5) is 0.106. The molecule has 0 amide bonds. The number of likely N-dealkylation sites (N-methyl/N-ethyl adjacent to an activating group) is 1. The molecule has 108 valence electrons. The Morgan fingerprint density at radius 2 is 2.20 bits per heavy atom. The van der Waals surface area contributed by atoms with Gasteiger partial charge in [0.25, 0.3) is 0 Å². The third-order valence-electron chi connectivity index (χ3n) is 3.58. The van der Waals surface area contributed by atoms with Crippen molar-refractivity contribution in [2.75, 3.05) is 19.6 Å². The minimum atomic E-state index is -3.62. The van der Waals surface area contributed by atoms with Gasteiger partial charge >= 0.3 is 0 Å². The second kappa shape index (κ2) is 6.35. The lowest BCUT2D eigenvalue weighted by Crippen LogP contribution is -2.48. The zero-order valence-electron chi connectivity index (χ0n) is 11.5. The molecule has 6 heteroatoms. The first-order chi connectivity index (χ1) is 9.61. The third-order valence-corrected chi connectivity index (χ3v) is 5.67. The van der Waals surface area contributed by atoms with Crippen LogP contribution in [0.3, 0.4) is 0 Å². The molecule has 5 nitrogen and oxygen atoms in total. The molecule has 0 radical (unpaired) electrons. The molecule has 1 N–H and O–H groups in total. The molecule has 0 aromatic heterocycles. The van der Waals surface area contributed by atoms with E-state index in [1.54, 1.807) is 18.2 Å². The van der Waals surface area contributed by atoms with E-state index in [0.29, 0.717) is 13.1 Å². The van der Waals surface area contributed by atoms with Gasteiger partial charge in [-0.2, -0.15) is 9.57 Å².